The molecule has 1 aromatic heterocycles. The number of nitrogens with zero attached hydrogens (tertiary/aromatic N) is 1. The van der Waals surface area contributed by atoms with Crippen LogP contribution in [0.4, 0.5) is 5.82 Å². The maximum atomic E-state index is 12.5. The minimum absolute atomic E-state index is 0.0233. The lowest BCUT2D eigenvalue weighted by Crippen LogP contribution is -2.41. The predicted molar refractivity (Wildman–Crippen MR) is 147 cm³/mol. The van der Waals surface area contributed by atoms with E-state index in [0.29, 0.717) is 23.1 Å². The van der Waals surface area contributed by atoms with Gasteiger partial charge in [0.05, 0.1) is 22.7 Å². The van der Waals surface area contributed by atoms with Crippen molar-refractivity contribution in [1.29, 1.82) is 0 Å². The lowest BCUT2D eigenvalue weighted by molar-refractivity contribution is -0.112. The third-order valence-corrected chi connectivity index (χ3v) is 7.83. The molecule has 1 atom stereocenters. The van der Waals surface area contributed by atoms with Crippen molar-refractivity contribution in [2.24, 2.45) is 0 Å². The molecule has 36 heavy (non-hydrogen) atoms. The Morgan fingerprint density at radius 2 is 1.69 bits per heavy atom. The van der Waals surface area contributed by atoms with Crippen LogP contribution in [-0.2, 0) is 17.6 Å². The third-order valence-electron chi connectivity index (χ3n) is 6.31. The van der Waals surface area contributed by atoms with Gasteiger partial charge in [0.15, 0.2) is 10.9 Å². The number of carbonyl (C=O) groups excluding carboxylic acids is 2. The molecular weight excluding hydrogens is 514 g/mol. The van der Waals surface area contributed by atoms with Crippen LogP contribution in [0.1, 0.15) is 45.1 Å². The first-order chi connectivity index (χ1) is 17.5. The highest BCUT2D eigenvalue weighted by atomic mass is 35.5. The second-order valence-corrected chi connectivity index (χ2v) is 10.5. The van der Waals surface area contributed by atoms with E-state index in [2.05, 4.69) is 62.9 Å². The number of hydrazine groups is 1. The Kier molecular flexibility index (Phi) is 7.41. The Morgan fingerprint density at radius 3 is 2.31 bits per heavy atom. The summed E-state index contributed by atoms with van der Waals surface area (Å²) in [7, 11) is 0. The third kappa shape index (κ3) is 5.33. The Morgan fingerprint density at radius 1 is 1.03 bits per heavy atom. The highest BCUT2D eigenvalue weighted by Gasteiger charge is 2.27. The topological polar surface area (TPSA) is 95.2 Å². The van der Waals surface area contributed by atoms with E-state index in [1.54, 1.807) is 0 Å². The second kappa shape index (κ2) is 10.9. The van der Waals surface area contributed by atoms with Gasteiger partial charge in [-0.1, -0.05) is 71.9 Å². The summed E-state index contributed by atoms with van der Waals surface area (Å²) in [5.41, 5.74) is 11.1. The van der Waals surface area contributed by atoms with E-state index in [0.717, 1.165) is 12.8 Å². The first-order valence-electron chi connectivity index (χ1n) is 11.6. The Balaban J connectivity index is 1.25. The number of rotatable bonds is 5. The summed E-state index contributed by atoms with van der Waals surface area (Å²) in [5.74, 6) is 0.655. The van der Waals surface area contributed by atoms with Crippen LogP contribution in [0.25, 0.3) is 0 Å². The number of thioether (sulfide) groups is 1. The number of pyridine rings is 1. The zero-order valence-corrected chi connectivity index (χ0v) is 21.6. The molecule has 2 aliphatic rings. The molecule has 0 saturated carbocycles. The number of hydrogen-bond donors (Lipinski definition) is 4. The van der Waals surface area contributed by atoms with Crippen LogP contribution >= 0.6 is 35.6 Å². The summed E-state index contributed by atoms with van der Waals surface area (Å²) in [4.78, 5) is 28.5. The first kappa shape index (κ1) is 24.5. The van der Waals surface area contributed by atoms with Crippen molar-refractivity contribution in [3.63, 3.8) is 0 Å². The van der Waals surface area contributed by atoms with Crippen LogP contribution in [-0.4, -0.2) is 32.9 Å². The first-order valence-corrected chi connectivity index (χ1v) is 13.4. The van der Waals surface area contributed by atoms with Gasteiger partial charge in [0.2, 0.25) is 5.12 Å². The summed E-state index contributed by atoms with van der Waals surface area (Å²) in [6.07, 6.45) is 3.97. The average Bonchev–Trinajstić information content (AvgIpc) is 3.22. The maximum absolute atomic E-state index is 12.5. The second-order valence-electron chi connectivity index (χ2n) is 8.59. The SMILES string of the molecule is O=C(NC1CCSC1=O)c1cnc(NNC(=S)NC2c3ccccc3CCc3ccccc32)c(Cl)c1. The molecular formula is C26H24ClN5O2S2. The van der Waals surface area contributed by atoms with E-state index in [4.69, 9.17) is 23.8 Å². The number of aromatic nitrogens is 1. The molecule has 1 saturated heterocycles. The molecule has 0 spiro atoms. The monoisotopic (exact) mass is 537 g/mol. The van der Waals surface area contributed by atoms with E-state index in [-0.39, 0.29) is 27.7 Å². The minimum atomic E-state index is -0.469. The van der Waals surface area contributed by atoms with Crippen molar-refractivity contribution < 1.29 is 9.59 Å². The summed E-state index contributed by atoms with van der Waals surface area (Å²) in [6.45, 7) is 0. The molecule has 184 valence electrons. The van der Waals surface area contributed by atoms with E-state index in [9.17, 15) is 9.59 Å². The number of amides is 1. The van der Waals surface area contributed by atoms with Gasteiger partial charge in [-0.15, -0.1) is 0 Å². The summed E-state index contributed by atoms with van der Waals surface area (Å²) in [5, 5.41) is 6.76. The van der Waals surface area contributed by atoms with Gasteiger partial charge in [-0.2, -0.15) is 0 Å². The van der Waals surface area contributed by atoms with Crippen LogP contribution in [0, 0.1) is 0 Å². The average molecular weight is 538 g/mol. The zero-order chi connectivity index (χ0) is 25.1. The van der Waals surface area contributed by atoms with Crippen LogP contribution in [0.15, 0.2) is 60.8 Å². The molecule has 0 radical (unpaired) electrons. The van der Waals surface area contributed by atoms with Crippen molar-refractivity contribution in [2.75, 3.05) is 11.2 Å². The van der Waals surface area contributed by atoms with Crippen molar-refractivity contribution in [3.8, 4) is 0 Å². The Hall–Kier alpha value is -3.14. The lowest BCUT2D eigenvalue weighted by Gasteiger charge is -2.24. The summed E-state index contributed by atoms with van der Waals surface area (Å²) < 4.78 is 0. The van der Waals surface area contributed by atoms with Gasteiger partial charge in [0.25, 0.3) is 5.91 Å². The van der Waals surface area contributed by atoms with E-state index in [1.165, 1.54) is 46.3 Å². The molecule has 4 N–H and O–H groups in total. The fourth-order valence-electron chi connectivity index (χ4n) is 4.49. The van der Waals surface area contributed by atoms with Crippen LogP contribution in [0.2, 0.25) is 5.02 Å². The molecule has 1 unspecified atom stereocenters. The van der Waals surface area contributed by atoms with Gasteiger partial charge in [0.1, 0.15) is 0 Å². The standard InChI is InChI=1S/C26H24ClN5O2S2/c27-20-13-17(24(33)29-21-11-12-36-25(21)34)14-28-23(20)31-32-26(35)30-22-18-7-3-1-5-15(18)9-10-16-6-2-4-8-19(16)22/h1-8,13-14,21-22H,9-12H2,(H,28,31)(H,29,33)(H2,30,32,35). The van der Waals surface area contributed by atoms with Gasteiger partial charge >= 0.3 is 0 Å². The number of thiocarbonyl (C=S) groups is 1. The van der Waals surface area contributed by atoms with Crippen LogP contribution in [0.3, 0.4) is 0 Å². The number of anilines is 1. The molecule has 2 heterocycles. The van der Waals surface area contributed by atoms with Crippen LogP contribution in [0.5, 0.6) is 0 Å². The van der Waals surface area contributed by atoms with Gasteiger partial charge in [-0.25, -0.2) is 4.98 Å². The van der Waals surface area contributed by atoms with Crippen molar-refractivity contribution in [1.82, 2.24) is 21.0 Å². The number of carbonyl (C=O) groups is 2. The van der Waals surface area contributed by atoms with E-state index >= 15 is 0 Å². The molecule has 1 aliphatic heterocycles. The maximum Gasteiger partial charge on any atom is 0.253 e. The normalized spacial score (nSPS) is 16.9. The Bertz CT molecular complexity index is 1290. The van der Waals surface area contributed by atoms with Gasteiger partial charge in [-0.05, 0) is 59.8 Å². The molecule has 0 bridgehead atoms. The largest absolute Gasteiger partial charge is 0.350 e. The fraction of sp³-hybridized carbons (Fsp3) is 0.231. The number of aryl methyl sites for hydroxylation is 2. The van der Waals surface area contributed by atoms with Gasteiger partial charge in [-0.3, -0.25) is 20.4 Å². The lowest BCUT2D eigenvalue weighted by atomic mass is 9.95. The molecule has 2 aromatic carbocycles. The predicted octanol–water partition coefficient (Wildman–Crippen LogP) is 4.18. The van der Waals surface area contributed by atoms with Gasteiger partial charge in [0, 0.05) is 11.9 Å². The van der Waals surface area contributed by atoms with Crippen LogP contribution < -0.4 is 21.5 Å². The molecule has 10 heteroatoms. The molecule has 1 fully saturated rings. The smallest absolute Gasteiger partial charge is 0.253 e. The molecule has 1 aliphatic carbocycles. The zero-order valence-electron chi connectivity index (χ0n) is 19.2. The molecule has 5 rings (SSSR count). The van der Waals surface area contributed by atoms with Crippen molar-refractivity contribution in [3.05, 3.63) is 93.6 Å². The minimum Gasteiger partial charge on any atom is -0.350 e. The number of hydrogen-bond acceptors (Lipinski definition) is 6. The van der Waals surface area contributed by atoms with Crippen molar-refractivity contribution >= 4 is 57.5 Å². The molecule has 3 aromatic rings. The van der Waals surface area contributed by atoms with E-state index in [1.807, 2.05) is 12.1 Å². The summed E-state index contributed by atoms with van der Waals surface area (Å²) in [6, 6.07) is 17.7. The molecule has 1 amide bonds. The molecule has 7 nitrogen and oxygen atoms in total. The number of halogens is 1. The van der Waals surface area contributed by atoms with Gasteiger partial charge < -0.3 is 10.6 Å². The fourth-order valence-corrected chi connectivity index (χ4v) is 5.80. The number of fused-ring (bicyclic) bond motifs is 2. The Labute approximate surface area is 223 Å². The number of benzene rings is 2. The summed E-state index contributed by atoms with van der Waals surface area (Å²) >= 11 is 13.2. The van der Waals surface area contributed by atoms with Crippen molar-refractivity contribution in [2.45, 2.75) is 31.3 Å². The highest BCUT2D eigenvalue weighted by molar-refractivity contribution is 8.14. The van der Waals surface area contributed by atoms with E-state index < -0.39 is 6.04 Å². The number of nitrogens with one attached hydrogen (secondary N) is 4. The quantitative estimate of drug-likeness (QED) is 0.284. The highest BCUT2D eigenvalue weighted by Crippen LogP contribution is 2.32.